The Morgan fingerprint density at radius 2 is 1.94 bits per heavy atom. The summed E-state index contributed by atoms with van der Waals surface area (Å²) < 4.78 is 0. The molecular formula is C16H26N2. The van der Waals surface area contributed by atoms with Crippen LogP contribution in [0.4, 0.5) is 5.69 Å². The van der Waals surface area contributed by atoms with E-state index < -0.39 is 0 Å². The average molecular weight is 246 g/mol. The van der Waals surface area contributed by atoms with Gasteiger partial charge in [0.05, 0.1) is 0 Å². The molecule has 3 atom stereocenters. The largest absolute Gasteiger partial charge is 0.374 e. The van der Waals surface area contributed by atoms with Gasteiger partial charge < -0.3 is 10.2 Å². The summed E-state index contributed by atoms with van der Waals surface area (Å²) in [6, 6.07) is 11.4. The van der Waals surface area contributed by atoms with E-state index in [1.165, 1.54) is 24.9 Å². The van der Waals surface area contributed by atoms with Gasteiger partial charge in [0.2, 0.25) is 0 Å². The molecule has 1 fully saturated rings. The molecular weight excluding hydrogens is 220 g/mol. The van der Waals surface area contributed by atoms with Crippen LogP contribution in [0.1, 0.15) is 26.2 Å². The molecule has 0 aliphatic heterocycles. The molecule has 0 radical (unpaired) electrons. The average Bonchev–Trinajstić information content (AvgIpc) is 2.40. The Morgan fingerprint density at radius 1 is 1.22 bits per heavy atom. The van der Waals surface area contributed by atoms with E-state index in [4.69, 9.17) is 0 Å². The molecule has 100 valence electrons. The lowest BCUT2D eigenvalue weighted by Gasteiger charge is -2.37. The van der Waals surface area contributed by atoms with Crippen molar-refractivity contribution in [2.45, 2.75) is 32.2 Å². The van der Waals surface area contributed by atoms with E-state index in [9.17, 15) is 0 Å². The normalized spacial score (nSPS) is 28.1. The predicted molar refractivity (Wildman–Crippen MR) is 79.1 cm³/mol. The Balaban J connectivity index is 1.98. The van der Waals surface area contributed by atoms with E-state index in [1.807, 2.05) is 0 Å². The Morgan fingerprint density at radius 3 is 2.61 bits per heavy atom. The van der Waals surface area contributed by atoms with E-state index in [2.05, 4.69) is 61.6 Å². The highest BCUT2D eigenvalue weighted by Gasteiger charge is 2.28. The third-order valence-electron chi connectivity index (χ3n) is 4.32. The fourth-order valence-corrected chi connectivity index (χ4v) is 3.22. The lowest BCUT2D eigenvalue weighted by molar-refractivity contribution is 0.225. The molecule has 18 heavy (non-hydrogen) atoms. The monoisotopic (exact) mass is 246 g/mol. The van der Waals surface area contributed by atoms with Crippen molar-refractivity contribution in [3.8, 4) is 0 Å². The molecule has 0 spiro atoms. The smallest absolute Gasteiger partial charge is 0.0363 e. The van der Waals surface area contributed by atoms with Gasteiger partial charge in [-0.15, -0.1) is 0 Å². The second kappa shape index (κ2) is 6.24. The summed E-state index contributed by atoms with van der Waals surface area (Å²) >= 11 is 0. The lowest BCUT2D eigenvalue weighted by atomic mass is 9.78. The second-order valence-corrected chi connectivity index (χ2v) is 5.79. The van der Waals surface area contributed by atoms with Crippen LogP contribution in [-0.2, 0) is 0 Å². The van der Waals surface area contributed by atoms with Crippen molar-refractivity contribution in [2.75, 3.05) is 25.5 Å². The first kappa shape index (κ1) is 13.4. The van der Waals surface area contributed by atoms with Crippen molar-refractivity contribution < 1.29 is 0 Å². The Labute approximate surface area is 111 Å². The lowest BCUT2D eigenvalue weighted by Crippen LogP contribution is -2.43. The molecule has 1 aliphatic carbocycles. The van der Waals surface area contributed by atoms with Crippen LogP contribution in [0.25, 0.3) is 0 Å². The number of anilines is 1. The van der Waals surface area contributed by atoms with E-state index in [-0.39, 0.29) is 0 Å². The third-order valence-corrected chi connectivity index (χ3v) is 4.32. The molecule has 2 nitrogen and oxygen atoms in total. The first-order valence-corrected chi connectivity index (χ1v) is 7.14. The van der Waals surface area contributed by atoms with Gasteiger partial charge in [-0.2, -0.15) is 0 Å². The Bertz CT molecular complexity index is 349. The fraction of sp³-hybridized carbons (Fsp3) is 0.625. The molecule has 0 heterocycles. The van der Waals surface area contributed by atoms with E-state index in [0.29, 0.717) is 6.04 Å². The highest BCUT2D eigenvalue weighted by molar-refractivity contribution is 5.45. The highest BCUT2D eigenvalue weighted by Crippen LogP contribution is 2.30. The number of rotatable bonds is 4. The van der Waals surface area contributed by atoms with Gasteiger partial charge in [0.1, 0.15) is 0 Å². The molecule has 0 aromatic heterocycles. The summed E-state index contributed by atoms with van der Waals surface area (Å²) in [5.74, 6) is 1.65. The summed E-state index contributed by atoms with van der Waals surface area (Å²) in [6.07, 6.45) is 4.05. The summed E-state index contributed by atoms with van der Waals surface area (Å²) in [7, 11) is 4.32. The van der Waals surface area contributed by atoms with Crippen molar-refractivity contribution in [3.05, 3.63) is 30.3 Å². The minimum atomic E-state index is 0.687. The van der Waals surface area contributed by atoms with Crippen LogP contribution in [-0.4, -0.2) is 26.7 Å². The van der Waals surface area contributed by atoms with E-state index >= 15 is 0 Å². The number of nitrogens with zero attached hydrogens (tertiary/aromatic N) is 1. The van der Waals surface area contributed by atoms with E-state index in [0.717, 1.165) is 18.4 Å². The van der Waals surface area contributed by atoms with Crippen LogP contribution in [0.3, 0.4) is 0 Å². The third kappa shape index (κ3) is 3.26. The van der Waals surface area contributed by atoms with Gasteiger partial charge in [-0.1, -0.05) is 25.1 Å². The number of nitrogens with one attached hydrogen (secondary N) is 1. The summed E-state index contributed by atoms with van der Waals surface area (Å²) in [6.45, 7) is 3.54. The maximum Gasteiger partial charge on any atom is 0.0363 e. The van der Waals surface area contributed by atoms with Crippen LogP contribution >= 0.6 is 0 Å². The Hall–Kier alpha value is -1.02. The second-order valence-electron chi connectivity index (χ2n) is 5.79. The summed E-state index contributed by atoms with van der Waals surface area (Å²) in [5, 5.41) is 3.50. The molecule has 2 rings (SSSR count). The van der Waals surface area contributed by atoms with Gasteiger partial charge in [-0.3, -0.25) is 0 Å². The number of hydrogen-bond donors (Lipinski definition) is 1. The van der Waals surface area contributed by atoms with Gasteiger partial charge in [-0.05, 0) is 50.3 Å². The van der Waals surface area contributed by atoms with Crippen molar-refractivity contribution in [2.24, 2.45) is 11.8 Å². The van der Waals surface area contributed by atoms with Crippen LogP contribution in [0.2, 0.25) is 0 Å². The molecule has 1 aromatic carbocycles. The topological polar surface area (TPSA) is 15.3 Å². The first-order valence-electron chi connectivity index (χ1n) is 7.14. The van der Waals surface area contributed by atoms with Gasteiger partial charge in [0.15, 0.2) is 0 Å². The first-order chi connectivity index (χ1) is 8.70. The molecule has 0 bridgehead atoms. The molecule has 1 N–H and O–H groups in total. The van der Waals surface area contributed by atoms with Gasteiger partial charge in [0, 0.05) is 25.3 Å². The summed E-state index contributed by atoms with van der Waals surface area (Å²) in [5.41, 5.74) is 1.32. The van der Waals surface area contributed by atoms with Crippen molar-refractivity contribution in [1.29, 1.82) is 0 Å². The molecule has 2 heteroatoms. The molecule has 0 saturated heterocycles. The van der Waals surface area contributed by atoms with E-state index in [1.54, 1.807) is 0 Å². The molecule has 1 aliphatic rings. The van der Waals surface area contributed by atoms with Crippen LogP contribution in [0.15, 0.2) is 30.3 Å². The minimum Gasteiger partial charge on any atom is -0.374 e. The zero-order chi connectivity index (χ0) is 13.0. The van der Waals surface area contributed by atoms with Gasteiger partial charge >= 0.3 is 0 Å². The number of benzene rings is 1. The molecule has 1 saturated carbocycles. The summed E-state index contributed by atoms with van der Waals surface area (Å²) in [4.78, 5) is 2.40. The van der Waals surface area contributed by atoms with Crippen LogP contribution in [0.5, 0.6) is 0 Å². The quantitative estimate of drug-likeness (QED) is 0.878. The van der Waals surface area contributed by atoms with Crippen molar-refractivity contribution in [3.63, 3.8) is 0 Å². The standard InChI is InChI=1S/C16H26N2/c1-13-9-10-16(17-2)14(11-13)12-18(3)15-7-5-4-6-8-15/h4-8,13-14,16-17H,9-12H2,1-3H3. The van der Waals surface area contributed by atoms with Crippen LogP contribution in [0, 0.1) is 11.8 Å². The predicted octanol–water partition coefficient (Wildman–Crippen LogP) is 3.15. The van der Waals surface area contributed by atoms with Crippen LogP contribution < -0.4 is 10.2 Å². The molecule has 1 aromatic rings. The van der Waals surface area contributed by atoms with Crippen molar-refractivity contribution >= 4 is 5.69 Å². The SMILES string of the molecule is CNC1CCC(C)CC1CN(C)c1ccccc1. The van der Waals surface area contributed by atoms with Crippen molar-refractivity contribution in [1.82, 2.24) is 5.32 Å². The highest BCUT2D eigenvalue weighted by atomic mass is 15.1. The van der Waals surface area contributed by atoms with Gasteiger partial charge in [0.25, 0.3) is 0 Å². The maximum atomic E-state index is 3.50. The molecule has 0 amide bonds. The number of para-hydroxylation sites is 1. The zero-order valence-corrected chi connectivity index (χ0v) is 11.9. The zero-order valence-electron chi connectivity index (χ0n) is 11.9. The molecule has 3 unspecified atom stereocenters. The minimum absolute atomic E-state index is 0.687. The Kier molecular flexibility index (Phi) is 4.65. The fourth-order valence-electron chi connectivity index (χ4n) is 3.22. The van der Waals surface area contributed by atoms with Gasteiger partial charge in [-0.25, -0.2) is 0 Å². The maximum absolute atomic E-state index is 3.50. The number of hydrogen-bond acceptors (Lipinski definition) is 2.